The Kier molecular flexibility index (Phi) is 6.03. The van der Waals surface area contributed by atoms with Crippen LogP contribution in [0.1, 0.15) is 66.2 Å². The lowest BCUT2D eigenvalue weighted by Crippen LogP contribution is -2.41. The summed E-state index contributed by atoms with van der Waals surface area (Å²) in [6, 6.07) is 0.362. The van der Waals surface area contributed by atoms with Gasteiger partial charge in [-0.05, 0) is 38.0 Å². The van der Waals surface area contributed by atoms with Gasteiger partial charge in [-0.25, -0.2) is 0 Å². The summed E-state index contributed by atoms with van der Waals surface area (Å²) < 4.78 is 0. The molecule has 4 heteroatoms. The maximum atomic E-state index is 12.5. The summed E-state index contributed by atoms with van der Waals surface area (Å²) in [6.07, 6.45) is 4.29. The monoisotopic (exact) mass is 283 g/mol. The van der Waals surface area contributed by atoms with Gasteiger partial charge in [0.05, 0.1) is 5.41 Å². The van der Waals surface area contributed by atoms with Crippen LogP contribution in [0.25, 0.3) is 0 Å². The van der Waals surface area contributed by atoms with Gasteiger partial charge in [0.25, 0.3) is 0 Å². The Hall–Kier alpha value is -1.06. The first-order valence-corrected chi connectivity index (χ1v) is 7.89. The number of rotatable bonds is 9. The maximum Gasteiger partial charge on any atom is 0.310 e. The minimum atomic E-state index is -0.887. The summed E-state index contributed by atoms with van der Waals surface area (Å²) in [5.41, 5.74) is -0.887. The van der Waals surface area contributed by atoms with E-state index in [2.05, 4.69) is 13.8 Å². The summed E-state index contributed by atoms with van der Waals surface area (Å²) in [5, 5.41) is 9.46. The van der Waals surface area contributed by atoms with E-state index in [1.54, 1.807) is 0 Å². The van der Waals surface area contributed by atoms with Crippen LogP contribution >= 0.6 is 0 Å². The second kappa shape index (κ2) is 7.09. The second-order valence-electron chi connectivity index (χ2n) is 6.47. The topological polar surface area (TPSA) is 57.6 Å². The standard InChI is InChI=1S/C16H29NO3/c1-5-16(6-2,15(19)20)11-14(18)17(13-7-8-13)10-9-12(3)4/h12-13H,5-11H2,1-4H3,(H,19,20). The third kappa shape index (κ3) is 4.22. The van der Waals surface area contributed by atoms with Crippen molar-refractivity contribution >= 4 is 11.9 Å². The van der Waals surface area contributed by atoms with E-state index < -0.39 is 11.4 Å². The number of amides is 1. The Balaban J connectivity index is 2.71. The molecule has 1 fully saturated rings. The van der Waals surface area contributed by atoms with Gasteiger partial charge in [-0.15, -0.1) is 0 Å². The molecule has 1 rings (SSSR count). The van der Waals surface area contributed by atoms with Crippen LogP contribution in [0.5, 0.6) is 0 Å². The van der Waals surface area contributed by atoms with E-state index in [1.807, 2.05) is 18.7 Å². The fourth-order valence-corrected chi connectivity index (χ4v) is 2.56. The molecule has 0 spiro atoms. The second-order valence-corrected chi connectivity index (χ2v) is 6.47. The molecule has 1 amide bonds. The zero-order valence-electron chi connectivity index (χ0n) is 13.3. The fourth-order valence-electron chi connectivity index (χ4n) is 2.56. The van der Waals surface area contributed by atoms with Gasteiger partial charge < -0.3 is 10.0 Å². The van der Waals surface area contributed by atoms with Crippen LogP contribution < -0.4 is 0 Å². The van der Waals surface area contributed by atoms with Crippen molar-refractivity contribution in [2.45, 2.75) is 72.3 Å². The molecule has 116 valence electrons. The molecule has 4 nitrogen and oxygen atoms in total. The van der Waals surface area contributed by atoms with E-state index in [0.29, 0.717) is 24.8 Å². The average molecular weight is 283 g/mol. The van der Waals surface area contributed by atoms with E-state index in [1.165, 1.54) is 0 Å². The zero-order chi connectivity index (χ0) is 15.3. The molecule has 0 saturated heterocycles. The average Bonchev–Trinajstić information content (AvgIpc) is 3.20. The minimum absolute atomic E-state index is 0.0271. The molecule has 1 aliphatic carbocycles. The Morgan fingerprint density at radius 2 is 1.80 bits per heavy atom. The lowest BCUT2D eigenvalue weighted by molar-refractivity contribution is -0.154. The summed E-state index contributed by atoms with van der Waals surface area (Å²) in [7, 11) is 0. The van der Waals surface area contributed by atoms with Crippen LogP contribution in [-0.4, -0.2) is 34.5 Å². The molecule has 0 bridgehead atoms. The van der Waals surface area contributed by atoms with E-state index in [9.17, 15) is 14.7 Å². The quantitative estimate of drug-likeness (QED) is 0.706. The molecule has 0 aromatic heterocycles. The van der Waals surface area contributed by atoms with Gasteiger partial charge >= 0.3 is 5.97 Å². The predicted molar refractivity (Wildman–Crippen MR) is 79.5 cm³/mol. The fraction of sp³-hybridized carbons (Fsp3) is 0.875. The molecule has 0 radical (unpaired) electrons. The first-order chi connectivity index (χ1) is 9.36. The minimum Gasteiger partial charge on any atom is -0.481 e. The summed E-state index contributed by atoms with van der Waals surface area (Å²) >= 11 is 0. The molecule has 0 aromatic rings. The van der Waals surface area contributed by atoms with Gasteiger partial charge in [0.15, 0.2) is 0 Å². The van der Waals surface area contributed by atoms with Gasteiger partial charge in [-0.2, -0.15) is 0 Å². The molecular formula is C16H29NO3. The highest BCUT2D eigenvalue weighted by molar-refractivity contribution is 5.85. The molecule has 0 heterocycles. The number of hydrogen-bond donors (Lipinski definition) is 1. The molecule has 0 unspecified atom stereocenters. The van der Waals surface area contributed by atoms with E-state index in [-0.39, 0.29) is 12.3 Å². The first kappa shape index (κ1) is 17.0. The van der Waals surface area contributed by atoms with Gasteiger partial charge in [0.2, 0.25) is 5.91 Å². The largest absolute Gasteiger partial charge is 0.481 e. The molecule has 1 aliphatic rings. The lowest BCUT2D eigenvalue weighted by atomic mass is 9.79. The van der Waals surface area contributed by atoms with E-state index in [0.717, 1.165) is 25.8 Å². The normalized spacial score (nSPS) is 15.4. The Morgan fingerprint density at radius 1 is 1.25 bits per heavy atom. The highest BCUT2D eigenvalue weighted by atomic mass is 16.4. The van der Waals surface area contributed by atoms with Crippen molar-refractivity contribution < 1.29 is 14.7 Å². The van der Waals surface area contributed by atoms with Crippen LogP contribution in [0.4, 0.5) is 0 Å². The third-order valence-corrected chi connectivity index (χ3v) is 4.55. The third-order valence-electron chi connectivity index (χ3n) is 4.55. The SMILES string of the molecule is CCC(CC)(CC(=O)N(CCC(C)C)C1CC1)C(=O)O. The lowest BCUT2D eigenvalue weighted by Gasteiger charge is -2.30. The molecule has 0 aromatic carbocycles. The first-order valence-electron chi connectivity index (χ1n) is 7.89. The number of carboxylic acid groups (broad SMARTS) is 1. The van der Waals surface area contributed by atoms with Gasteiger partial charge in [-0.1, -0.05) is 27.7 Å². The van der Waals surface area contributed by atoms with Crippen LogP contribution in [0, 0.1) is 11.3 Å². The number of aliphatic carboxylic acids is 1. The maximum absolute atomic E-state index is 12.5. The van der Waals surface area contributed by atoms with Crippen molar-refractivity contribution in [1.29, 1.82) is 0 Å². The van der Waals surface area contributed by atoms with Crippen molar-refractivity contribution in [3.63, 3.8) is 0 Å². The number of nitrogens with zero attached hydrogens (tertiary/aromatic N) is 1. The number of hydrogen-bond acceptors (Lipinski definition) is 2. The van der Waals surface area contributed by atoms with Crippen molar-refractivity contribution in [3.8, 4) is 0 Å². The Morgan fingerprint density at radius 3 is 2.15 bits per heavy atom. The van der Waals surface area contributed by atoms with Crippen molar-refractivity contribution in [2.75, 3.05) is 6.54 Å². The number of carboxylic acids is 1. The zero-order valence-corrected chi connectivity index (χ0v) is 13.3. The van der Waals surface area contributed by atoms with E-state index in [4.69, 9.17) is 0 Å². The van der Waals surface area contributed by atoms with Crippen molar-refractivity contribution in [3.05, 3.63) is 0 Å². The van der Waals surface area contributed by atoms with Crippen molar-refractivity contribution in [1.82, 2.24) is 4.90 Å². The predicted octanol–water partition coefficient (Wildman–Crippen LogP) is 3.30. The molecular weight excluding hydrogens is 254 g/mol. The van der Waals surface area contributed by atoms with Crippen LogP contribution in [-0.2, 0) is 9.59 Å². The van der Waals surface area contributed by atoms with Crippen LogP contribution in [0.3, 0.4) is 0 Å². The van der Waals surface area contributed by atoms with Gasteiger partial charge in [-0.3, -0.25) is 9.59 Å². The van der Waals surface area contributed by atoms with Crippen LogP contribution in [0.15, 0.2) is 0 Å². The molecule has 1 saturated carbocycles. The molecule has 0 aliphatic heterocycles. The molecule has 1 N–H and O–H groups in total. The summed E-state index contributed by atoms with van der Waals surface area (Å²) in [5.74, 6) is -0.250. The number of carbonyl (C=O) groups is 2. The Bertz CT molecular complexity index is 344. The summed E-state index contributed by atoms with van der Waals surface area (Å²) in [6.45, 7) is 8.79. The highest BCUT2D eigenvalue weighted by Gasteiger charge is 2.41. The smallest absolute Gasteiger partial charge is 0.310 e. The summed E-state index contributed by atoms with van der Waals surface area (Å²) in [4.78, 5) is 26.0. The molecule has 20 heavy (non-hydrogen) atoms. The van der Waals surface area contributed by atoms with Gasteiger partial charge in [0, 0.05) is 19.0 Å². The van der Waals surface area contributed by atoms with Gasteiger partial charge in [0.1, 0.15) is 0 Å². The van der Waals surface area contributed by atoms with E-state index >= 15 is 0 Å². The number of carbonyl (C=O) groups excluding carboxylic acids is 1. The molecule has 0 atom stereocenters. The Labute approximate surface area is 122 Å². The highest BCUT2D eigenvalue weighted by Crippen LogP contribution is 2.35. The van der Waals surface area contributed by atoms with Crippen LogP contribution in [0.2, 0.25) is 0 Å². The van der Waals surface area contributed by atoms with Crippen molar-refractivity contribution in [2.24, 2.45) is 11.3 Å².